The van der Waals surface area contributed by atoms with Crippen LogP contribution in [0, 0.1) is 25.1 Å². The monoisotopic (exact) mass is 529 g/mol. The van der Waals surface area contributed by atoms with Gasteiger partial charge in [-0.3, -0.25) is 24.7 Å². The topological polar surface area (TPSA) is 122 Å². The van der Waals surface area contributed by atoms with E-state index in [2.05, 4.69) is 20.3 Å². The molecule has 0 unspecified atom stereocenters. The Morgan fingerprint density at radius 3 is 2.15 bits per heavy atom. The number of urea groups is 1. The molecular weight excluding hydrogens is 501 g/mol. The number of nitrogens with one attached hydrogen (secondary N) is 1. The van der Waals surface area contributed by atoms with E-state index in [9.17, 15) is 23.6 Å². The number of rotatable bonds is 3. The maximum absolute atomic E-state index is 13.5. The van der Waals surface area contributed by atoms with Gasteiger partial charge >= 0.3 is 6.03 Å². The van der Waals surface area contributed by atoms with Crippen LogP contribution in [-0.2, 0) is 9.59 Å². The molecule has 1 aromatic carbocycles. The molecule has 1 spiro atoms. The summed E-state index contributed by atoms with van der Waals surface area (Å²) < 4.78 is 13.2. The fourth-order valence-electron chi connectivity index (χ4n) is 5.80. The van der Waals surface area contributed by atoms with Gasteiger partial charge in [0.25, 0.3) is 5.91 Å². The molecule has 2 fully saturated rings. The van der Waals surface area contributed by atoms with Crippen molar-refractivity contribution in [3.63, 3.8) is 0 Å². The Morgan fingerprint density at radius 1 is 0.974 bits per heavy atom. The molecular formula is C29H28FN5O4. The Morgan fingerprint density at radius 2 is 1.59 bits per heavy atom. The van der Waals surface area contributed by atoms with Crippen molar-refractivity contribution in [1.29, 1.82) is 0 Å². The molecule has 1 aliphatic carbocycles. The van der Waals surface area contributed by atoms with E-state index in [0.29, 0.717) is 42.9 Å². The minimum Gasteiger partial charge on any atom is -0.324 e. The number of benzene rings is 1. The number of hydrogen-bond donors (Lipinski definition) is 1. The molecule has 1 N–H and O–H groups in total. The normalized spacial score (nSPS) is 17.4. The zero-order chi connectivity index (χ0) is 27.7. The lowest BCUT2D eigenvalue weighted by molar-refractivity contribution is -0.138. The number of pyridine rings is 1. The maximum Gasteiger partial charge on any atom is 0.324 e. The highest BCUT2D eigenvalue weighted by molar-refractivity contribution is 6.10. The number of ketones is 2. The summed E-state index contributed by atoms with van der Waals surface area (Å²) >= 11 is 0. The molecule has 1 saturated carbocycles. The quantitative estimate of drug-likeness (QED) is 0.510. The number of halogens is 1. The second-order valence-corrected chi connectivity index (χ2v) is 10.4. The lowest BCUT2D eigenvalue weighted by Gasteiger charge is -2.44. The van der Waals surface area contributed by atoms with E-state index in [1.807, 2.05) is 26.0 Å². The number of carbonyl (C=O) groups excluding carboxylic acids is 4. The summed E-state index contributed by atoms with van der Waals surface area (Å²) in [5.74, 6) is -1.81. The third-order valence-corrected chi connectivity index (χ3v) is 7.73. The van der Waals surface area contributed by atoms with Crippen molar-refractivity contribution in [2.75, 3.05) is 13.1 Å². The van der Waals surface area contributed by atoms with E-state index in [4.69, 9.17) is 0 Å². The Balaban J connectivity index is 1.26. The van der Waals surface area contributed by atoms with Gasteiger partial charge in [-0.1, -0.05) is 6.07 Å². The van der Waals surface area contributed by atoms with Crippen LogP contribution in [-0.4, -0.2) is 56.4 Å². The smallest absolute Gasteiger partial charge is 0.324 e. The first-order valence-corrected chi connectivity index (χ1v) is 12.8. The number of nitrogens with zero attached hydrogens (tertiary/aromatic N) is 4. The van der Waals surface area contributed by atoms with Gasteiger partial charge in [-0.05, 0) is 73.1 Å². The van der Waals surface area contributed by atoms with Crippen molar-refractivity contribution in [3.05, 3.63) is 77.1 Å². The third kappa shape index (κ3) is 5.32. The fourth-order valence-corrected chi connectivity index (χ4v) is 5.80. The maximum atomic E-state index is 13.5. The Labute approximate surface area is 224 Å². The highest BCUT2D eigenvalue weighted by Gasteiger charge is 2.48. The van der Waals surface area contributed by atoms with Gasteiger partial charge in [0.15, 0.2) is 11.6 Å². The highest BCUT2D eigenvalue weighted by Crippen LogP contribution is 2.46. The van der Waals surface area contributed by atoms with Crippen LogP contribution < -0.4 is 5.32 Å². The van der Waals surface area contributed by atoms with E-state index in [1.165, 1.54) is 17.2 Å². The summed E-state index contributed by atoms with van der Waals surface area (Å²) in [6, 6.07) is 8.01. The fraction of sp³-hybridized carbons (Fsp3) is 0.345. The molecule has 3 heterocycles. The summed E-state index contributed by atoms with van der Waals surface area (Å²) in [5, 5.41) is 2.36. The van der Waals surface area contributed by atoms with Crippen molar-refractivity contribution >= 4 is 23.5 Å². The van der Waals surface area contributed by atoms with E-state index < -0.39 is 29.1 Å². The van der Waals surface area contributed by atoms with Gasteiger partial charge in [0.2, 0.25) is 0 Å². The Hall–Kier alpha value is -4.34. The number of Topliss-reactive ketones (excluding diaryl/α,β-unsaturated/α-hetero) is 2. The highest BCUT2D eigenvalue weighted by atomic mass is 19.1. The second kappa shape index (κ2) is 10.4. The van der Waals surface area contributed by atoms with Gasteiger partial charge in [0, 0.05) is 37.7 Å². The summed E-state index contributed by atoms with van der Waals surface area (Å²) in [6.45, 7) is 4.39. The van der Waals surface area contributed by atoms with Crippen molar-refractivity contribution in [1.82, 2.24) is 25.2 Å². The van der Waals surface area contributed by atoms with Crippen molar-refractivity contribution in [3.8, 4) is 11.4 Å². The van der Waals surface area contributed by atoms with Crippen LogP contribution in [0.3, 0.4) is 0 Å². The van der Waals surface area contributed by atoms with Gasteiger partial charge < -0.3 is 4.90 Å². The molecule has 1 aliphatic heterocycles. The van der Waals surface area contributed by atoms with Gasteiger partial charge in [-0.15, -0.1) is 0 Å². The first-order valence-electron chi connectivity index (χ1n) is 12.8. The number of aromatic nitrogens is 3. The number of amides is 3. The van der Waals surface area contributed by atoms with Gasteiger partial charge in [0.1, 0.15) is 23.2 Å². The summed E-state index contributed by atoms with van der Waals surface area (Å²) in [4.78, 5) is 65.4. The average Bonchev–Trinajstić information content (AvgIpc) is 2.91. The number of imide groups is 1. The van der Waals surface area contributed by atoms with E-state index in [0.717, 1.165) is 23.5 Å². The predicted molar refractivity (Wildman–Crippen MR) is 139 cm³/mol. The lowest BCUT2D eigenvalue weighted by atomic mass is 9.62. The van der Waals surface area contributed by atoms with E-state index >= 15 is 0 Å². The minimum atomic E-state index is -0.837. The molecule has 5 rings (SSSR count). The first-order chi connectivity index (χ1) is 18.7. The van der Waals surface area contributed by atoms with Crippen LogP contribution >= 0.6 is 0 Å². The molecule has 9 nitrogen and oxygen atoms in total. The molecule has 0 radical (unpaired) electrons. The molecule has 0 atom stereocenters. The van der Waals surface area contributed by atoms with Crippen molar-refractivity contribution in [2.24, 2.45) is 5.41 Å². The molecule has 200 valence electrons. The Kier molecular flexibility index (Phi) is 7.03. The minimum absolute atomic E-state index is 0.119. The number of hydrogen-bond acceptors (Lipinski definition) is 7. The molecule has 3 aromatic rings. The third-order valence-electron chi connectivity index (χ3n) is 7.73. The molecule has 2 aromatic heterocycles. The largest absolute Gasteiger partial charge is 0.324 e. The number of aryl methyl sites for hydroxylation is 2. The molecule has 10 heteroatoms. The number of carbonyl (C=O) groups is 4. The SMILES string of the molecule is Cc1cc(-c2ncc(F)cn2)cc(C)c1C1C(=O)CC2(CCN(C(=O)NC(=O)c3ccccn3)CC2)CC1=O. The Bertz CT molecular complexity index is 1410. The number of piperidine rings is 1. The lowest BCUT2D eigenvalue weighted by Crippen LogP contribution is -2.51. The summed E-state index contributed by atoms with van der Waals surface area (Å²) in [6.07, 6.45) is 5.19. The van der Waals surface area contributed by atoms with Crippen LogP contribution in [0.4, 0.5) is 9.18 Å². The van der Waals surface area contributed by atoms with Crippen molar-refractivity contribution < 1.29 is 23.6 Å². The van der Waals surface area contributed by atoms with Gasteiger partial charge in [-0.25, -0.2) is 19.2 Å². The molecule has 0 bridgehead atoms. The second-order valence-electron chi connectivity index (χ2n) is 10.4. The van der Waals surface area contributed by atoms with E-state index in [-0.39, 0.29) is 30.1 Å². The van der Waals surface area contributed by atoms with Crippen molar-refractivity contribution in [2.45, 2.75) is 45.4 Å². The first kappa shape index (κ1) is 26.3. The van der Waals surface area contributed by atoms with Gasteiger partial charge in [-0.2, -0.15) is 0 Å². The van der Waals surface area contributed by atoms with Crippen LogP contribution in [0.5, 0.6) is 0 Å². The zero-order valence-electron chi connectivity index (χ0n) is 21.7. The van der Waals surface area contributed by atoms with Gasteiger partial charge in [0.05, 0.1) is 12.4 Å². The molecule has 2 aliphatic rings. The molecule has 1 saturated heterocycles. The predicted octanol–water partition coefficient (Wildman–Crippen LogP) is 3.94. The van der Waals surface area contributed by atoms with Crippen LogP contribution in [0.25, 0.3) is 11.4 Å². The van der Waals surface area contributed by atoms with Crippen LogP contribution in [0.1, 0.15) is 58.8 Å². The van der Waals surface area contributed by atoms with E-state index in [1.54, 1.807) is 12.1 Å². The standard InChI is InChI=1S/C29H28FN5O4/c1-17-11-19(26-32-15-20(30)16-33-26)12-18(2)24(17)25-22(36)13-29(14-23(25)37)6-9-35(10-7-29)28(39)34-27(38)21-5-3-4-8-31-21/h3-5,8,11-12,15-16,25H,6-7,9-10,13-14H2,1-2H3,(H,34,38,39). The molecule has 3 amide bonds. The number of likely N-dealkylation sites (tertiary alicyclic amines) is 1. The average molecular weight is 530 g/mol. The summed E-state index contributed by atoms with van der Waals surface area (Å²) in [5.41, 5.74) is 2.62. The zero-order valence-corrected chi connectivity index (χ0v) is 21.7. The summed E-state index contributed by atoms with van der Waals surface area (Å²) in [7, 11) is 0. The van der Waals surface area contributed by atoms with Crippen LogP contribution in [0.2, 0.25) is 0 Å². The molecule has 39 heavy (non-hydrogen) atoms. The van der Waals surface area contributed by atoms with Crippen LogP contribution in [0.15, 0.2) is 48.9 Å².